The first-order valence-electron chi connectivity index (χ1n) is 14.8. The minimum atomic E-state index is -0.879. The average Bonchev–Trinajstić information content (AvgIpc) is 3.63. The van der Waals surface area contributed by atoms with Crippen molar-refractivity contribution >= 4 is 56.2 Å². The third-order valence-electron chi connectivity index (χ3n) is 8.79. The monoisotopic (exact) mass is 579 g/mol. The second kappa shape index (κ2) is 11.9. The standard InChI is InChI=1S/C34H37N5O4/c1-7-21-17(3)25-13-26-19(5)23(9-11-33(40)39-43)31(37-26)16-32-24(10-12-34(41)42)20(6)28(38-32)15-30-22(8-2)18(4)27(36-30)14-29(21)35-25/h13-16,35-36H,7-12H2,1-6H3,(H,41,42). The number of nitrogens with one attached hydrogen (secondary N) is 2. The minimum absolute atomic E-state index is 0.0244. The van der Waals surface area contributed by atoms with Crippen LogP contribution in [0.4, 0.5) is 0 Å². The number of aryl methyl sites for hydroxylation is 4. The van der Waals surface area contributed by atoms with Crippen LogP contribution in [0.3, 0.4) is 0 Å². The van der Waals surface area contributed by atoms with Gasteiger partial charge in [-0.3, -0.25) is 9.59 Å². The van der Waals surface area contributed by atoms with E-state index in [1.165, 1.54) is 16.7 Å². The maximum absolute atomic E-state index is 11.9. The molecule has 0 atom stereocenters. The van der Waals surface area contributed by atoms with E-state index in [-0.39, 0.29) is 12.8 Å². The molecule has 222 valence electrons. The number of amides is 1. The van der Waals surface area contributed by atoms with E-state index in [2.05, 4.69) is 55.0 Å². The maximum Gasteiger partial charge on any atom is 0.303 e. The van der Waals surface area contributed by atoms with Crippen LogP contribution >= 0.6 is 0 Å². The van der Waals surface area contributed by atoms with Gasteiger partial charge in [-0.1, -0.05) is 13.8 Å². The van der Waals surface area contributed by atoms with Gasteiger partial charge in [0.2, 0.25) is 0 Å². The summed E-state index contributed by atoms with van der Waals surface area (Å²) in [6, 6.07) is 8.14. The summed E-state index contributed by atoms with van der Waals surface area (Å²) in [7, 11) is 0. The van der Waals surface area contributed by atoms with Crippen LogP contribution in [-0.2, 0) is 22.4 Å². The summed E-state index contributed by atoms with van der Waals surface area (Å²) >= 11 is 0. The molecule has 3 N–H and O–H groups in total. The lowest BCUT2D eigenvalue weighted by atomic mass is 9.98. The Morgan fingerprint density at radius 3 is 1.65 bits per heavy atom. The molecule has 1 amide bonds. The molecule has 9 heteroatoms. The Labute approximate surface area is 250 Å². The second-order valence-corrected chi connectivity index (χ2v) is 11.2. The molecule has 0 saturated heterocycles. The number of carbonyl (C=O) groups excluding carboxylic acids is 1. The van der Waals surface area contributed by atoms with Gasteiger partial charge in [-0.25, -0.2) is 9.97 Å². The SMILES string of the molecule is CCc1c(C)c2cc3[nH]c(cc4nc(cc5nc(cc1[nH]2)C(C)=C5CCC(=O)O)C(CCC(=O)N=O)=C4C)c(C)c3CC. The van der Waals surface area contributed by atoms with Gasteiger partial charge in [0.05, 0.1) is 22.8 Å². The number of carboxylic acid groups (broad SMARTS) is 1. The van der Waals surface area contributed by atoms with Crippen LogP contribution in [0.1, 0.15) is 98.4 Å². The van der Waals surface area contributed by atoms with Gasteiger partial charge in [-0.15, -0.1) is 4.91 Å². The van der Waals surface area contributed by atoms with Gasteiger partial charge in [-0.05, 0) is 122 Å². The first-order chi connectivity index (χ1) is 20.6. The number of H-pyrrole nitrogens is 2. The minimum Gasteiger partial charge on any atom is -0.481 e. The van der Waals surface area contributed by atoms with Crippen LogP contribution in [0.25, 0.3) is 44.4 Å². The first kappa shape index (κ1) is 29.8. The zero-order valence-corrected chi connectivity index (χ0v) is 25.6. The number of nitrogens with zero attached hydrogens (tertiary/aromatic N) is 3. The average molecular weight is 580 g/mol. The number of fused-ring (bicyclic) bond motifs is 8. The maximum atomic E-state index is 11.9. The zero-order valence-electron chi connectivity index (χ0n) is 25.6. The highest BCUT2D eigenvalue weighted by molar-refractivity contribution is 5.96. The summed E-state index contributed by atoms with van der Waals surface area (Å²) in [6.45, 7) is 12.5. The summed E-state index contributed by atoms with van der Waals surface area (Å²) in [4.78, 5) is 51.5. The predicted molar refractivity (Wildman–Crippen MR) is 171 cm³/mol. The topological polar surface area (TPSA) is 141 Å². The number of aromatic nitrogens is 4. The number of hydrogen-bond donors (Lipinski definition) is 3. The molecule has 3 aromatic heterocycles. The Balaban J connectivity index is 1.90. The fourth-order valence-corrected chi connectivity index (χ4v) is 6.27. The van der Waals surface area contributed by atoms with Crippen molar-refractivity contribution in [2.75, 3.05) is 0 Å². The largest absolute Gasteiger partial charge is 0.481 e. The van der Waals surface area contributed by atoms with Gasteiger partial charge in [0, 0.05) is 40.1 Å². The molecule has 2 aliphatic rings. The highest BCUT2D eigenvalue weighted by Gasteiger charge is 2.23. The first-order valence-corrected chi connectivity index (χ1v) is 14.8. The number of aromatic amines is 2. The van der Waals surface area contributed by atoms with Crippen LogP contribution in [0.15, 0.2) is 29.4 Å². The van der Waals surface area contributed by atoms with E-state index >= 15 is 0 Å². The third kappa shape index (κ3) is 5.59. The molecule has 0 unspecified atom stereocenters. The molecule has 5 heterocycles. The Morgan fingerprint density at radius 2 is 1.16 bits per heavy atom. The fraction of sp³-hybridized carbons (Fsp3) is 0.353. The van der Waals surface area contributed by atoms with Crippen molar-refractivity contribution in [3.8, 4) is 0 Å². The number of rotatable bonds is 8. The Morgan fingerprint density at radius 1 is 0.698 bits per heavy atom. The number of hydrogen-bond acceptors (Lipinski definition) is 5. The number of nitroso groups, excluding NO2 is 1. The van der Waals surface area contributed by atoms with Crippen molar-refractivity contribution < 1.29 is 14.7 Å². The molecule has 5 rings (SSSR count). The smallest absolute Gasteiger partial charge is 0.303 e. The van der Waals surface area contributed by atoms with Crippen molar-refractivity contribution in [2.24, 2.45) is 5.18 Å². The van der Waals surface area contributed by atoms with Gasteiger partial charge < -0.3 is 15.1 Å². The van der Waals surface area contributed by atoms with Gasteiger partial charge in [0.25, 0.3) is 5.91 Å². The third-order valence-corrected chi connectivity index (χ3v) is 8.79. The summed E-state index contributed by atoms with van der Waals surface area (Å²) in [5.41, 5.74) is 15.1. The molecule has 0 aromatic carbocycles. The highest BCUT2D eigenvalue weighted by Crippen LogP contribution is 2.38. The van der Waals surface area contributed by atoms with E-state index in [1.54, 1.807) is 0 Å². The van der Waals surface area contributed by atoms with Crippen LogP contribution in [0.5, 0.6) is 0 Å². The zero-order chi connectivity index (χ0) is 31.0. The van der Waals surface area contributed by atoms with Crippen molar-refractivity contribution in [1.82, 2.24) is 19.9 Å². The van der Waals surface area contributed by atoms with Gasteiger partial charge in [-0.2, -0.15) is 0 Å². The molecule has 0 saturated carbocycles. The van der Waals surface area contributed by atoms with Crippen LogP contribution in [0.2, 0.25) is 0 Å². The lowest BCUT2D eigenvalue weighted by molar-refractivity contribution is -0.136. The second-order valence-electron chi connectivity index (χ2n) is 11.2. The number of carboxylic acids is 1. The Kier molecular flexibility index (Phi) is 8.26. The van der Waals surface area contributed by atoms with Gasteiger partial charge in [0.15, 0.2) is 0 Å². The Hall–Kier alpha value is -4.66. The molecule has 0 aliphatic carbocycles. The number of aliphatic carboxylic acids is 1. The molecule has 3 aromatic rings. The summed E-state index contributed by atoms with van der Waals surface area (Å²) in [5, 5.41) is 12.1. The van der Waals surface area contributed by atoms with Crippen molar-refractivity contribution in [3.05, 3.63) is 74.2 Å². The highest BCUT2D eigenvalue weighted by atomic mass is 16.4. The molecule has 43 heavy (non-hydrogen) atoms. The van der Waals surface area contributed by atoms with Gasteiger partial charge >= 0.3 is 5.97 Å². The van der Waals surface area contributed by atoms with Gasteiger partial charge in [0.1, 0.15) is 0 Å². The molecule has 9 nitrogen and oxygen atoms in total. The molecule has 2 aliphatic heterocycles. The summed E-state index contributed by atoms with van der Waals surface area (Å²) < 4.78 is 0. The molecule has 0 spiro atoms. The van der Waals surface area contributed by atoms with E-state index in [4.69, 9.17) is 9.97 Å². The normalized spacial score (nSPS) is 13.2. The molecule has 0 fully saturated rings. The summed E-state index contributed by atoms with van der Waals surface area (Å²) in [6.07, 6.45) is 2.27. The van der Waals surface area contributed by atoms with Crippen LogP contribution in [0, 0.1) is 18.8 Å². The van der Waals surface area contributed by atoms with E-state index in [0.29, 0.717) is 24.2 Å². The van der Waals surface area contributed by atoms with E-state index in [9.17, 15) is 19.6 Å². The Bertz CT molecular complexity index is 1900. The predicted octanol–water partition coefficient (Wildman–Crippen LogP) is 7.86. The van der Waals surface area contributed by atoms with Crippen molar-refractivity contribution in [2.45, 2.75) is 80.1 Å². The van der Waals surface area contributed by atoms with Crippen LogP contribution < -0.4 is 0 Å². The van der Waals surface area contributed by atoms with Crippen LogP contribution in [-0.4, -0.2) is 36.9 Å². The number of allylic oxidation sites excluding steroid dienone is 4. The molecular weight excluding hydrogens is 542 g/mol. The quantitative estimate of drug-likeness (QED) is 0.232. The van der Waals surface area contributed by atoms with Crippen molar-refractivity contribution in [3.63, 3.8) is 0 Å². The van der Waals surface area contributed by atoms with E-state index in [0.717, 1.165) is 74.2 Å². The summed E-state index contributed by atoms with van der Waals surface area (Å²) in [5.74, 6) is -1.59. The molecule has 0 radical (unpaired) electrons. The van der Waals surface area contributed by atoms with E-state index in [1.807, 2.05) is 26.0 Å². The van der Waals surface area contributed by atoms with Crippen molar-refractivity contribution in [1.29, 1.82) is 0 Å². The molecule has 8 bridgehead atoms. The lowest BCUT2D eigenvalue weighted by Crippen LogP contribution is -1.96. The molecular formula is C34H37N5O4. The fourth-order valence-electron chi connectivity index (χ4n) is 6.27. The van der Waals surface area contributed by atoms with E-state index < -0.39 is 11.9 Å². The lowest BCUT2D eigenvalue weighted by Gasteiger charge is -2.05. The number of carbonyl (C=O) groups is 2.